The summed E-state index contributed by atoms with van der Waals surface area (Å²) in [5.41, 5.74) is 0. The Morgan fingerprint density at radius 2 is 2.08 bits per heavy atom. The molecule has 1 heterocycles. The Bertz CT molecular complexity index is 387. The van der Waals surface area contributed by atoms with Crippen LogP contribution in [0.3, 0.4) is 0 Å². The Morgan fingerprint density at radius 1 is 1.25 bits per heavy atom. The summed E-state index contributed by atoms with van der Waals surface area (Å²) in [7, 11) is 0. The number of hydrogen-bond acceptors (Lipinski definition) is 0. The first-order chi connectivity index (χ1) is 5.77. The van der Waals surface area contributed by atoms with Crippen LogP contribution in [0.25, 0.3) is 10.8 Å². The maximum Gasteiger partial charge on any atom is 0.174 e. The zero-order valence-electron chi connectivity index (χ0n) is 6.14. The van der Waals surface area contributed by atoms with E-state index in [-0.39, 0.29) is 10.8 Å². The molecule has 0 amide bonds. The maximum atomic E-state index is 12.9. The maximum absolute atomic E-state index is 12.9. The molecule has 0 radical (unpaired) electrons. The molecule has 2 aromatic rings. The van der Waals surface area contributed by atoms with E-state index in [1.807, 2.05) is 0 Å². The minimum Gasteiger partial charge on any atom is -0.217 e. The normalized spacial score (nSPS) is 10.5. The van der Waals surface area contributed by atoms with E-state index in [2.05, 4.69) is 4.98 Å². The molecular formula is C9H6ClFN+. The monoisotopic (exact) mass is 182 g/mol. The summed E-state index contributed by atoms with van der Waals surface area (Å²) in [5.74, 6) is -0.379. The second kappa shape index (κ2) is 2.72. The van der Waals surface area contributed by atoms with Gasteiger partial charge in [0.15, 0.2) is 12.4 Å². The molecule has 1 nitrogen and oxygen atoms in total. The van der Waals surface area contributed by atoms with Crippen LogP contribution in [0, 0.1) is 5.82 Å². The number of pyridine rings is 1. The van der Waals surface area contributed by atoms with Crippen molar-refractivity contribution in [3.8, 4) is 0 Å². The van der Waals surface area contributed by atoms with Crippen LogP contribution in [0.2, 0.25) is 5.02 Å². The van der Waals surface area contributed by atoms with E-state index in [1.165, 1.54) is 6.07 Å². The number of aromatic amines is 1. The van der Waals surface area contributed by atoms with Crippen molar-refractivity contribution in [1.29, 1.82) is 0 Å². The van der Waals surface area contributed by atoms with Gasteiger partial charge in [0.05, 0.1) is 5.02 Å². The van der Waals surface area contributed by atoms with Gasteiger partial charge in [-0.15, -0.1) is 0 Å². The smallest absolute Gasteiger partial charge is 0.174 e. The van der Waals surface area contributed by atoms with Gasteiger partial charge in [-0.3, -0.25) is 0 Å². The number of H-pyrrole nitrogens is 1. The van der Waals surface area contributed by atoms with Gasteiger partial charge in [-0.2, -0.15) is 0 Å². The highest BCUT2D eigenvalue weighted by atomic mass is 35.5. The average molecular weight is 183 g/mol. The van der Waals surface area contributed by atoms with Crippen molar-refractivity contribution >= 4 is 22.4 Å². The molecular weight excluding hydrogens is 177 g/mol. The number of nitrogens with one attached hydrogen (secondary N) is 1. The molecule has 0 aliphatic carbocycles. The molecule has 2 rings (SSSR count). The number of fused-ring (bicyclic) bond motifs is 1. The van der Waals surface area contributed by atoms with Crippen molar-refractivity contribution in [2.24, 2.45) is 0 Å². The number of hydrogen-bond donors (Lipinski definition) is 0. The molecule has 0 saturated carbocycles. The van der Waals surface area contributed by atoms with E-state index in [0.29, 0.717) is 0 Å². The van der Waals surface area contributed by atoms with Crippen molar-refractivity contribution in [2.45, 2.75) is 0 Å². The van der Waals surface area contributed by atoms with Crippen LogP contribution in [-0.2, 0) is 0 Å². The summed E-state index contributed by atoms with van der Waals surface area (Å²) < 4.78 is 12.9. The second-order valence-electron chi connectivity index (χ2n) is 2.54. The number of aromatic nitrogens is 1. The lowest BCUT2D eigenvalue weighted by Gasteiger charge is -1.95. The van der Waals surface area contributed by atoms with E-state index in [9.17, 15) is 4.39 Å². The van der Waals surface area contributed by atoms with Crippen LogP contribution in [0.15, 0.2) is 30.6 Å². The summed E-state index contributed by atoms with van der Waals surface area (Å²) in [6, 6.07) is 4.82. The molecule has 1 aromatic heterocycles. The van der Waals surface area contributed by atoms with Gasteiger partial charge >= 0.3 is 0 Å². The van der Waals surface area contributed by atoms with Gasteiger partial charge in [-0.25, -0.2) is 9.37 Å². The Labute approximate surface area is 73.8 Å². The van der Waals surface area contributed by atoms with Gasteiger partial charge in [-0.1, -0.05) is 11.6 Å². The van der Waals surface area contributed by atoms with E-state index < -0.39 is 0 Å². The van der Waals surface area contributed by atoms with Gasteiger partial charge in [0.1, 0.15) is 5.82 Å². The van der Waals surface area contributed by atoms with Crippen molar-refractivity contribution in [3.63, 3.8) is 0 Å². The molecule has 0 atom stereocenters. The fourth-order valence-corrected chi connectivity index (χ4v) is 1.29. The first-order valence-corrected chi connectivity index (χ1v) is 3.90. The lowest BCUT2D eigenvalue weighted by molar-refractivity contribution is -0.375. The molecule has 0 spiro atoms. The SMILES string of the molecule is Fc1cc2cc[nH+]cc2cc1Cl. The van der Waals surface area contributed by atoms with Gasteiger partial charge in [0, 0.05) is 11.5 Å². The largest absolute Gasteiger partial charge is 0.217 e. The van der Waals surface area contributed by atoms with Crippen LogP contribution in [0.5, 0.6) is 0 Å². The minimum atomic E-state index is -0.379. The van der Waals surface area contributed by atoms with E-state index in [1.54, 1.807) is 24.5 Å². The molecule has 0 aliphatic rings. The summed E-state index contributed by atoms with van der Waals surface area (Å²) >= 11 is 5.60. The molecule has 0 saturated heterocycles. The molecule has 1 N–H and O–H groups in total. The van der Waals surface area contributed by atoms with Crippen LogP contribution in [-0.4, -0.2) is 0 Å². The molecule has 12 heavy (non-hydrogen) atoms. The summed E-state index contributed by atoms with van der Waals surface area (Å²) in [5, 5.41) is 1.90. The highest BCUT2D eigenvalue weighted by molar-refractivity contribution is 6.31. The van der Waals surface area contributed by atoms with Crippen molar-refractivity contribution in [1.82, 2.24) is 0 Å². The number of rotatable bonds is 0. The zero-order valence-corrected chi connectivity index (χ0v) is 6.90. The Balaban J connectivity index is 2.84. The van der Waals surface area contributed by atoms with E-state index >= 15 is 0 Å². The molecule has 60 valence electrons. The summed E-state index contributed by atoms with van der Waals surface area (Å²) in [6.45, 7) is 0. The standard InChI is InChI=1S/C9H5ClFN/c10-8-3-7-5-12-2-1-6(7)4-9(8)11/h1-5H/p+1. The Kier molecular flexibility index (Phi) is 1.70. The highest BCUT2D eigenvalue weighted by Crippen LogP contribution is 2.20. The van der Waals surface area contributed by atoms with Crippen molar-refractivity contribution in [2.75, 3.05) is 0 Å². The predicted octanol–water partition coefficient (Wildman–Crippen LogP) is 2.45. The lowest BCUT2D eigenvalue weighted by atomic mass is 10.2. The van der Waals surface area contributed by atoms with Crippen molar-refractivity contribution < 1.29 is 9.37 Å². The van der Waals surface area contributed by atoms with Crippen molar-refractivity contribution in [3.05, 3.63) is 41.4 Å². The molecule has 0 unspecified atom stereocenters. The van der Waals surface area contributed by atoms with Gasteiger partial charge in [-0.05, 0) is 17.5 Å². The molecule has 1 aromatic carbocycles. The molecule has 0 fully saturated rings. The second-order valence-corrected chi connectivity index (χ2v) is 2.95. The van der Waals surface area contributed by atoms with Gasteiger partial charge < -0.3 is 0 Å². The third-order valence-electron chi connectivity index (χ3n) is 1.72. The van der Waals surface area contributed by atoms with Crippen LogP contribution >= 0.6 is 11.6 Å². The lowest BCUT2D eigenvalue weighted by Crippen LogP contribution is -1.97. The number of benzene rings is 1. The molecule has 0 aliphatic heterocycles. The van der Waals surface area contributed by atoms with Gasteiger partial charge in [0.2, 0.25) is 0 Å². The Hall–Kier alpha value is -1.15. The zero-order chi connectivity index (χ0) is 8.55. The fraction of sp³-hybridized carbons (Fsp3) is 0. The van der Waals surface area contributed by atoms with Gasteiger partial charge in [0.25, 0.3) is 0 Å². The fourth-order valence-electron chi connectivity index (χ4n) is 1.12. The summed E-state index contributed by atoms with van der Waals surface area (Å²) in [4.78, 5) is 2.90. The highest BCUT2D eigenvalue weighted by Gasteiger charge is 2.02. The predicted molar refractivity (Wildman–Crippen MR) is 45.5 cm³/mol. The third kappa shape index (κ3) is 1.14. The van der Waals surface area contributed by atoms with E-state index in [0.717, 1.165) is 10.8 Å². The van der Waals surface area contributed by atoms with Crippen LogP contribution < -0.4 is 4.98 Å². The first kappa shape index (κ1) is 7.50. The first-order valence-electron chi connectivity index (χ1n) is 3.52. The van der Waals surface area contributed by atoms with Crippen LogP contribution in [0.4, 0.5) is 4.39 Å². The minimum absolute atomic E-state index is 0.155. The third-order valence-corrected chi connectivity index (χ3v) is 2.01. The summed E-state index contributed by atoms with van der Waals surface area (Å²) in [6.07, 6.45) is 3.52. The number of halogens is 2. The topological polar surface area (TPSA) is 14.1 Å². The quantitative estimate of drug-likeness (QED) is 0.594. The molecule has 3 heteroatoms. The average Bonchev–Trinajstić information content (AvgIpc) is 2.07. The van der Waals surface area contributed by atoms with Crippen LogP contribution in [0.1, 0.15) is 0 Å². The van der Waals surface area contributed by atoms with E-state index in [4.69, 9.17) is 11.6 Å². The molecule has 0 bridgehead atoms. The Morgan fingerprint density at radius 3 is 2.92 bits per heavy atom.